The van der Waals surface area contributed by atoms with Crippen LogP contribution >= 0.6 is 35.3 Å². The number of thiophene rings is 1. The number of aromatic nitrogens is 1. The van der Waals surface area contributed by atoms with Crippen molar-refractivity contribution in [2.45, 2.75) is 12.6 Å². The van der Waals surface area contributed by atoms with E-state index in [4.69, 9.17) is 4.74 Å². The van der Waals surface area contributed by atoms with E-state index >= 15 is 0 Å². The molecule has 8 heteroatoms. The Labute approximate surface area is 192 Å². The summed E-state index contributed by atoms with van der Waals surface area (Å²) in [6, 6.07) is 15.2. The minimum atomic E-state index is 0. The Balaban J connectivity index is 0.00000240. The van der Waals surface area contributed by atoms with Crippen LogP contribution in [0.15, 0.2) is 52.8 Å². The molecule has 0 spiro atoms. The molecule has 1 aromatic carbocycles. The highest BCUT2D eigenvalue weighted by Gasteiger charge is 2.23. The number of aromatic amines is 1. The van der Waals surface area contributed by atoms with Crippen molar-refractivity contribution in [2.24, 2.45) is 4.99 Å². The summed E-state index contributed by atoms with van der Waals surface area (Å²) in [6.45, 7) is 5.05. The van der Waals surface area contributed by atoms with Gasteiger partial charge < -0.3 is 20.4 Å². The molecule has 0 bridgehead atoms. The predicted octanol–water partition coefficient (Wildman–Crippen LogP) is 3.59. The number of aliphatic imine (C=N–C) groups is 1. The number of hydrogen-bond donors (Lipinski definition) is 3. The Morgan fingerprint density at radius 1 is 1.21 bits per heavy atom. The maximum absolute atomic E-state index is 5.53. The smallest absolute Gasteiger partial charge is 0.191 e. The molecule has 0 aliphatic carbocycles. The maximum Gasteiger partial charge on any atom is 0.191 e. The number of H-pyrrole nitrogens is 1. The zero-order valence-electron chi connectivity index (χ0n) is 16.6. The third kappa shape index (κ3) is 5.71. The van der Waals surface area contributed by atoms with Crippen molar-refractivity contribution in [1.82, 2.24) is 20.5 Å². The Morgan fingerprint density at radius 2 is 2.03 bits per heavy atom. The monoisotopic (exact) mass is 525 g/mol. The van der Waals surface area contributed by atoms with Crippen LogP contribution in [-0.2, 0) is 11.3 Å². The van der Waals surface area contributed by atoms with Crippen molar-refractivity contribution < 1.29 is 4.74 Å². The lowest BCUT2D eigenvalue weighted by molar-refractivity contribution is 0.0177. The largest absolute Gasteiger partial charge is 0.379 e. The standard InChI is InChI=1S/C21H27N5OS.HI/c1-22-21(23-14-17-13-16-5-2-3-6-18(16)25-17)24-15-19(20-7-4-12-28-20)26-8-10-27-11-9-26;/h2-7,12-13,19,25H,8-11,14-15H2,1H3,(H2,22,23,24);1H. The predicted molar refractivity (Wildman–Crippen MR) is 131 cm³/mol. The summed E-state index contributed by atoms with van der Waals surface area (Å²) < 4.78 is 5.53. The number of rotatable bonds is 6. The molecule has 1 atom stereocenters. The number of hydrogen-bond acceptors (Lipinski definition) is 4. The Hall–Kier alpha value is -1.62. The van der Waals surface area contributed by atoms with E-state index < -0.39 is 0 Å². The summed E-state index contributed by atoms with van der Waals surface area (Å²) in [5.74, 6) is 0.813. The molecule has 3 N–H and O–H groups in total. The maximum atomic E-state index is 5.53. The first-order valence-electron chi connectivity index (χ1n) is 9.70. The van der Waals surface area contributed by atoms with E-state index in [2.05, 4.69) is 67.3 Å². The number of nitrogens with zero attached hydrogens (tertiary/aromatic N) is 2. The molecule has 1 saturated heterocycles. The topological polar surface area (TPSA) is 64.7 Å². The third-order valence-corrected chi connectivity index (χ3v) is 6.05. The number of para-hydroxylation sites is 1. The Bertz CT molecular complexity index is 872. The molecule has 4 rings (SSSR count). The number of nitrogens with one attached hydrogen (secondary N) is 3. The third-order valence-electron chi connectivity index (χ3n) is 5.08. The average molecular weight is 525 g/mol. The summed E-state index contributed by atoms with van der Waals surface area (Å²) in [6.07, 6.45) is 0. The van der Waals surface area contributed by atoms with Gasteiger partial charge in [-0.3, -0.25) is 9.89 Å². The first-order valence-corrected chi connectivity index (χ1v) is 10.6. The minimum Gasteiger partial charge on any atom is -0.379 e. The molecule has 6 nitrogen and oxygen atoms in total. The van der Waals surface area contributed by atoms with E-state index in [0.29, 0.717) is 12.6 Å². The van der Waals surface area contributed by atoms with Gasteiger partial charge in [0, 0.05) is 42.8 Å². The zero-order valence-corrected chi connectivity index (χ0v) is 19.7. The van der Waals surface area contributed by atoms with Gasteiger partial charge in [0.05, 0.1) is 25.8 Å². The van der Waals surface area contributed by atoms with Crippen LogP contribution in [0.3, 0.4) is 0 Å². The molecule has 1 unspecified atom stereocenters. The molecule has 1 aliphatic rings. The van der Waals surface area contributed by atoms with Crippen molar-refractivity contribution in [3.63, 3.8) is 0 Å². The van der Waals surface area contributed by atoms with E-state index in [1.165, 1.54) is 10.3 Å². The van der Waals surface area contributed by atoms with Crippen molar-refractivity contribution >= 4 is 52.2 Å². The average Bonchev–Trinajstić information content (AvgIpc) is 3.41. The summed E-state index contributed by atoms with van der Waals surface area (Å²) in [4.78, 5) is 11.7. The van der Waals surface area contributed by atoms with Crippen LogP contribution in [0.1, 0.15) is 16.6 Å². The second-order valence-electron chi connectivity index (χ2n) is 6.87. The molecule has 0 amide bonds. The molecule has 3 heterocycles. The molecule has 29 heavy (non-hydrogen) atoms. The fourth-order valence-electron chi connectivity index (χ4n) is 3.60. The fourth-order valence-corrected chi connectivity index (χ4v) is 4.46. The van der Waals surface area contributed by atoms with Gasteiger partial charge in [-0.15, -0.1) is 35.3 Å². The van der Waals surface area contributed by atoms with E-state index in [-0.39, 0.29) is 24.0 Å². The van der Waals surface area contributed by atoms with Crippen LogP contribution < -0.4 is 10.6 Å². The number of morpholine rings is 1. The number of ether oxygens (including phenoxy) is 1. The van der Waals surface area contributed by atoms with Crippen molar-refractivity contribution in [3.8, 4) is 0 Å². The second-order valence-corrected chi connectivity index (χ2v) is 7.85. The molecule has 1 aliphatic heterocycles. The molecule has 3 aromatic rings. The van der Waals surface area contributed by atoms with E-state index in [1.807, 2.05) is 24.5 Å². The Kier molecular flexibility index (Phi) is 8.34. The minimum absolute atomic E-state index is 0. The van der Waals surface area contributed by atoms with Gasteiger partial charge in [0.1, 0.15) is 0 Å². The van der Waals surface area contributed by atoms with Gasteiger partial charge >= 0.3 is 0 Å². The molecule has 156 valence electrons. The van der Waals surface area contributed by atoms with Crippen molar-refractivity contribution in [1.29, 1.82) is 0 Å². The van der Waals surface area contributed by atoms with E-state index in [9.17, 15) is 0 Å². The van der Waals surface area contributed by atoms with Gasteiger partial charge in [0.15, 0.2) is 5.96 Å². The van der Waals surface area contributed by atoms with Crippen LogP contribution in [0.4, 0.5) is 0 Å². The van der Waals surface area contributed by atoms with Crippen LogP contribution in [-0.4, -0.2) is 55.7 Å². The fraction of sp³-hybridized carbons (Fsp3) is 0.381. The van der Waals surface area contributed by atoms with Crippen LogP contribution in [0.25, 0.3) is 10.9 Å². The van der Waals surface area contributed by atoms with Crippen molar-refractivity contribution in [3.05, 3.63) is 58.4 Å². The molecule has 0 radical (unpaired) electrons. The lowest BCUT2D eigenvalue weighted by Crippen LogP contribution is -2.46. The van der Waals surface area contributed by atoms with Gasteiger partial charge in [-0.2, -0.15) is 0 Å². The number of benzene rings is 1. The molecule has 0 saturated carbocycles. The highest BCUT2D eigenvalue weighted by Crippen LogP contribution is 2.25. The lowest BCUT2D eigenvalue weighted by atomic mass is 10.2. The summed E-state index contributed by atoms with van der Waals surface area (Å²) in [5, 5.41) is 10.3. The van der Waals surface area contributed by atoms with Gasteiger partial charge in [-0.05, 0) is 29.0 Å². The lowest BCUT2D eigenvalue weighted by Gasteiger charge is -2.34. The molecule has 2 aromatic heterocycles. The van der Waals surface area contributed by atoms with Gasteiger partial charge in [0.2, 0.25) is 0 Å². The van der Waals surface area contributed by atoms with E-state index in [0.717, 1.165) is 50.0 Å². The number of halogens is 1. The second kappa shape index (κ2) is 11.0. The normalized spacial score (nSPS) is 16.4. The van der Waals surface area contributed by atoms with Crippen LogP contribution in [0.5, 0.6) is 0 Å². The quantitative estimate of drug-likeness (QED) is 0.262. The van der Waals surface area contributed by atoms with Gasteiger partial charge in [-0.25, -0.2) is 0 Å². The van der Waals surface area contributed by atoms with Crippen molar-refractivity contribution in [2.75, 3.05) is 39.9 Å². The zero-order chi connectivity index (χ0) is 19.2. The summed E-state index contributed by atoms with van der Waals surface area (Å²) in [5.41, 5.74) is 2.31. The number of fused-ring (bicyclic) bond motifs is 1. The number of guanidine groups is 1. The van der Waals surface area contributed by atoms with Gasteiger partial charge in [-0.1, -0.05) is 24.3 Å². The molecular formula is C21H28IN5OS. The highest BCUT2D eigenvalue weighted by atomic mass is 127. The Morgan fingerprint density at radius 3 is 2.76 bits per heavy atom. The summed E-state index contributed by atoms with van der Waals surface area (Å²) in [7, 11) is 1.81. The SMILES string of the molecule is CN=C(NCc1cc2ccccc2[nH]1)NCC(c1cccs1)N1CCOCC1.I. The molecule has 1 fully saturated rings. The first-order chi connectivity index (χ1) is 13.8. The van der Waals surface area contributed by atoms with E-state index in [1.54, 1.807) is 0 Å². The highest BCUT2D eigenvalue weighted by molar-refractivity contribution is 14.0. The van der Waals surface area contributed by atoms with Crippen LogP contribution in [0.2, 0.25) is 0 Å². The van der Waals surface area contributed by atoms with Gasteiger partial charge in [0.25, 0.3) is 0 Å². The summed E-state index contributed by atoms with van der Waals surface area (Å²) >= 11 is 1.81. The van der Waals surface area contributed by atoms with Crippen LogP contribution in [0, 0.1) is 0 Å². The molecular weight excluding hydrogens is 497 g/mol. The first kappa shape index (κ1) is 22.1.